The Morgan fingerprint density at radius 3 is 2.56 bits per heavy atom. The van der Waals surface area contributed by atoms with Crippen molar-refractivity contribution in [2.45, 2.75) is 44.6 Å². The van der Waals surface area contributed by atoms with Gasteiger partial charge >= 0.3 is 6.03 Å². The van der Waals surface area contributed by atoms with Crippen LogP contribution in [0.25, 0.3) is 0 Å². The number of nitriles is 1. The van der Waals surface area contributed by atoms with Gasteiger partial charge in [0.05, 0.1) is 12.5 Å². The van der Waals surface area contributed by atoms with Crippen LogP contribution in [0.15, 0.2) is 0 Å². The maximum absolute atomic E-state index is 12.2. The third-order valence-electron chi connectivity index (χ3n) is 3.32. The van der Waals surface area contributed by atoms with Gasteiger partial charge in [-0.15, -0.1) is 0 Å². The number of hydrogen-bond acceptors (Lipinski definition) is 2. The van der Waals surface area contributed by atoms with Crippen molar-refractivity contribution >= 4 is 6.03 Å². The molecule has 0 atom stereocenters. The molecule has 1 saturated heterocycles. The van der Waals surface area contributed by atoms with E-state index >= 15 is 0 Å². The fourth-order valence-electron chi connectivity index (χ4n) is 2.26. The number of nitrogens with zero attached hydrogens (tertiary/aromatic N) is 3. The van der Waals surface area contributed by atoms with Gasteiger partial charge in [-0.3, -0.25) is 0 Å². The Morgan fingerprint density at radius 2 is 2.00 bits per heavy atom. The Morgan fingerprint density at radius 1 is 1.31 bits per heavy atom. The summed E-state index contributed by atoms with van der Waals surface area (Å²) < 4.78 is 0. The van der Waals surface area contributed by atoms with Crippen molar-refractivity contribution < 1.29 is 4.79 Å². The minimum Gasteiger partial charge on any atom is -0.325 e. The van der Waals surface area contributed by atoms with E-state index in [0.717, 1.165) is 38.8 Å². The van der Waals surface area contributed by atoms with Crippen LogP contribution in [0, 0.1) is 11.3 Å². The van der Waals surface area contributed by atoms with Gasteiger partial charge in [0.25, 0.3) is 0 Å². The van der Waals surface area contributed by atoms with Crippen molar-refractivity contribution in [1.29, 1.82) is 5.26 Å². The number of carbonyl (C=O) groups excluding carboxylic acids is 1. The van der Waals surface area contributed by atoms with Crippen LogP contribution in [-0.2, 0) is 0 Å². The number of likely N-dealkylation sites (tertiary alicyclic amines) is 1. The van der Waals surface area contributed by atoms with Gasteiger partial charge in [0, 0.05) is 25.7 Å². The number of amides is 2. The average molecular weight is 221 g/mol. The van der Waals surface area contributed by atoms with Crippen molar-refractivity contribution in [3.05, 3.63) is 0 Å². The van der Waals surface area contributed by atoms with E-state index in [9.17, 15) is 4.79 Å². The summed E-state index contributed by atoms with van der Waals surface area (Å²) in [6, 6.07) is 2.71. The van der Waals surface area contributed by atoms with Gasteiger partial charge in [-0.1, -0.05) is 0 Å². The van der Waals surface area contributed by atoms with E-state index in [1.165, 1.54) is 6.42 Å². The second kappa shape index (κ2) is 5.20. The second-order valence-electron chi connectivity index (χ2n) is 4.66. The van der Waals surface area contributed by atoms with Crippen LogP contribution in [-0.4, -0.2) is 41.5 Å². The molecule has 0 spiro atoms. The van der Waals surface area contributed by atoms with Gasteiger partial charge in [0.15, 0.2) is 0 Å². The number of hydrogen-bond donors (Lipinski definition) is 0. The third-order valence-corrected chi connectivity index (χ3v) is 3.32. The molecule has 0 aromatic rings. The highest BCUT2D eigenvalue weighted by Gasteiger charge is 2.34. The molecule has 1 aliphatic carbocycles. The Kier molecular flexibility index (Phi) is 3.66. The maximum Gasteiger partial charge on any atom is 0.320 e. The van der Waals surface area contributed by atoms with Crippen molar-refractivity contribution in [3.8, 4) is 6.07 Å². The first-order chi connectivity index (χ1) is 7.83. The maximum atomic E-state index is 12.2. The molecule has 2 fully saturated rings. The lowest BCUT2D eigenvalue weighted by atomic mass is 10.1. The first kappa shape index (κ1) is 11.3. The molecule has 0 bridgehead atoms. The van der Waals surface area contributed by atoms with Crippen LogP contribution >= 0.6 is 0 Å². The molecule has 4 heteroatoms. The lowest BCUT2D eigenvalue weighted by Crippen LogP contribution is -2.46. The lowest BCUT2D eigenvalue weighted by Gasteiger charge is -2.32. The summed E-state index contributed by atoms with van der Waals surface area (Å²) in [5.74, 6) is 0. The molecule has 2 amide bonds. The largest absolute Gasteiger partial charge is 0.325 e. The minimum absolute atomic E-state index is 0.164. The molecule has 4 nitrogen and oxygen atoms in total. The van der Waals surface area contributed by atoms with Crippen LogP contribution in [0.4, 0.5) is 4.79 Å². The highest BCUT2D eigenvalue weighted by Crippen LogP contribution is 2.28. The van der Waals surface area contributed by atoms with Gasteiger partial charge < -0.3 is 9.80 Å². The van der Waals surface area contributed by atoms with Gasteiger partial charge in [-0.25, -0.2) is 4.79 Å². The Hall–Kier alpha value is -1.24. The van der Waals surface area contributed by atoms with E-state index in [1.807, 2.05) is 9.80 Å². The average Bonchev–Trinajstić information content (AvgIpc) is 3.15. The number of rotatable bonds is 3. The first-order valence-corrected chi connectivity index (χ1v) is 6.25. The SMILES string of the molecule is N#CCCN(C(=O)N1CCCCC1)C1CC1. The third kappa shape index (κ3) is 2.66. The van der Waals surface area contributed by atoms with E-state index in [1.54, 1.807) is 0 Å². The van der Waals surface area contributed by atoms with E-state index in [-0.39, 0.29) is 6.03 Å². The monoisotopic (exact) mass is 221 g/mol. The summed E-state index contributed by atoms with van der Waals surface area (Å²) in [4.78, 5) is 16.1. The number of urea groups is 1. The van der Waals surface area contributed by atoms with E-state index in [4.69, 9.17) is 5.26 Å². The zero-order valence-corrected chi connectivity index (χ0v) is 9.69. The van der Waals surface area contributed by atoms with Crippen molar-refractivity contribution in [3.63, 3.8) is 0 Å². The molecular formula is C12H19N3O. The Labute approximate surface area is 96.8 Å². The highest BCUT2D eigenvalue weighted by molar-refractivity contribution is 5.75. The van der Waals surface area contributed by atoms with Crippen molar-refractivity contribution in [1.82, 2.24) is 9.80 Å². The summed E-state index contributed by atoms with van der Waals surface area (Å²) in [5.41, 5.74) is 0. The molecular weight excluding hydrogens is 202 g/mol. The lowest BCUT2D eigenvalue weighted by molar-refractivity contribution is 0.141. The molecule has 0 radical (unpaired) electrons. The summed E-state index contributed by atoms with van der Waals surface area (Å²) in [7, 11) is 0. The van der Waals surface area contributed by atoms with Gasteiger partial charge in [-0.2, -0.15) is 5.26 Å². The highest BCUT2D eigenvalue weighted by atomic mass is 16.2. The molecule has 0 N–H and O–H groups in total. The van der Waals surface area contributed by atoms with Crippen molar-refractivity contribution in [2.24, 2.45) is 0 Å². The molecule has 1 saturated carbocycles. The fourth-order valence-corrected chi connectivity index (χ4v) is 2.26. The smallest absolute Gasteiger partial charge is 0.320 e. The second-order valence-corrected chi connectivity index (χ2v) is 4.66. The molecule has 1 heterocycles. The van der Waals surface area contributed by atoms with E-state index in [2.05, 4.69) is 6.07 Å². The van der Waals surface area contributed by atoms with Crippen LogP contribution in [0.5, 0.6) is 0 Å². The Balaban J connectivity index is 1.90. The fraction of sp³-hybridized carbons (Fsp3) is 0.833. The van der Waals surface area contributed by atoms with Crippen LogP contribution in [0.1, 0.15) is 38.5 Å². The van der Waals surface area contributed by atoms with E-state index < -0.39 is 0 Å². The quantitative estimate of drug-likeness (QED) is 0.731. The number of piperidine rings is 1. The van der Waals surface area contributed by atoms with Crippen LogP contribution in [0.2, 0.25) is 0 Å². The molecule has 2 rings (SSSR count). The predicted molar refractivity (Wildman–Crippen MR) is 60.8 cm³/mol. The molecule has 2 aliphatic rings. The molecule has 16 heavy (non-hydrogen) atoms. The minimum atomic E-state index is 0.164. The normalized spacial score (nSPS) is 20.3. The summed E-state index contributed by atoms with van der Waals surface area (Å²) in [6.07, 6.45) is 6.18. The molecule has 0 unspecified atom stereocenters. The summed E-state index contributed by atoms with van der Waals surface area (Å²) in [6.45, 7) is 2.40. The molecule has 1 aliphatic heterocycles. The molecule has 88 valence electrons. The number of carbonyl (C=O) groups is 1. The summed E-state index contributed by atoms with van der Waals surface area (Å²) in [5, 5.41) is 8.61. The standard InChI is InChI=1S/C12H19N3O/c13-7-4-10-15(11-5-6-11)12(16)14-8-2-1-3-9-14/h11H,1-6,8-10H2. The van der Waals surface area contributed by atoms with Crippen LogP contribution in [0.3, 0.4) is 0 Å². The van der Waals surface area contributed by atoms with Gasteiger partial charge in [0.1, 0.15) is 0 Å². The van der Waals surface area contributed by atoms with Crippen LogP contribution < -0.4 is 0 Å². The van der Waals surface area contributed by atoms with Gasteiger partial charge in [0.2, 0.25) is 0 Å². The Bertz CT molecular complexity index is 287. The van der Waals surface area contributed by atoms with Crippen molar-refractivity contribution in [2.75, 3.05) is 19.6 Å². The zero-order valence-electron chi connectivity index (χ0n) is 9.69. The molecule has 0 aromatic heterocycles. The topological polar surface area (TPSA) is 47.3 Å². The summed E-state index contributed by atoms with van der Waals surface area (Å²) >= 11 is 0. The van der Waals surface area contributed by atoms with Gasteiger partial charge in [-0.05, 0) is 32.1 Å². The predicted octanol–water partition coefficient (Wildman–Crippen LogP) is 1.97. The zero-order chi connectivity index (χ0) is 11.4. The van der Waals surface area contributed by atoms with E-state index in [0.29, 0.717) is 19.0 Å². The molecule has 0 aromatic carbocycles. The first-order valence-electron chi connectivity index (χ1n) is 6.25.